The summed E-state index contributed by atoms with van der Waals surface area (Å²) < 4.78 is 10.5. The first-order chi connectivity index (χ1) is 7.76. The number of benzene rings is 1. The summed E-state index contributed by atoms with van der Waals surface area (Å²) in [4.78, 5) is 0. The van der Waals surface area contributed by atoms with Crippen LogP contribution in [0, 0.1) is 5.92 Å². The third-order valence-electron chi connectivity index (χ3n) is 3.46. The van der Waals surface area contributed by atoms with Crippen molar-refractivity contribution >= 4 is 12.4 Å². The van der Waals surface area contributed by atoms with Crippen LogP contribution in [-0.2, 0) is 0 Å². The van der Waals surface area contributed by atoms with Crippen LogP contribution in [0.25, 0.3) is 0 Å². The standard InChI is InChI=1S/C13H19NO2.ClH/c1-15-10-6-7-11(12(8-10)16-2)13(14)9-4-3-5-9;/h6-9,13H,3-5,14H2,1-2H3;1H/t13-;/m1./s1. The first-order valence-electron chi connectivity index (χ1n) is 5.73. The van der Waals surface area contributed by atoms with Gasteiger partial charge in [0.05, 0.1) is 14.2 Å². The Morgan fingerprint density at radius 3 is 2.41 bits per heavy atom. The van der Waals surface area contributed by atoms with E-state index in [1.807, 2.05) is 18.2 Å². The minimum atomic E-state index is 0. The lowest BCUT2D eigenvalue weighted by atomic mass is 9.77. The van der Waals surface area contributed by atoms with Gasteiger partial charge in [-0.05, 0) is 24.8 Å². The molecule has 0 unspecified atom stereocenters. The molecule has 1 fully saturated rings. The molecule has 0 heterocycles. The Kier molecular flexibility index (Phi) is 5.09. The van der Waals surface area contributed by atoms with Gasteiger partial charge in [0, 0.05) is 17.7 Å². The molecule has 1 atom stereocenters. The summed E-state index contributed by atoms with van der Waals surface area (Å²) in [5.74, 6) is 2.25. The third-order valence-corrected chi connectivity index (χ3v) is 3.46. The first-order valence-corrected chi connectivity index (χ1v) is 5.73. The van der Waals surface area contributed by atoms with Crippen LogP contribution in [0.15, 0.2) is 18.2 Å². The lowest BCUT2D eigenvalue weighted by Gasteiger charge is -2.32. The molecule has 1 aromatic rings. The molecular weight excluding hydrogens is 238 g/mol. The molecular formula is C13H20ClNO2. The van der Waals surface area contributed by atoms with E-state index in [0.717, 1.165) is 17.1 Å². The van der Waals surface area contributed by atoms with Gasteiger partial charge in [0.2, 0.25) is 0 Å². The molecule has 1 aliphatic rings. The molecule has 2 N–H and O–H groups in total. The Morgan fingerprint density at radius 2 is 1.94 bits per heavy atom. The van der Waals surface area contributed by atoms with Crippen LogP contribution in [0.3, 0.4) is 0 Å². The lowest BCUT2D eigenvalue weighted by molar-refractivity contribution is 0.259. The molecule has 0 bridgehead atoms. The second-order valence-corrected chi connectivity index (χ2v) is 4.32. The Morgan fingerprint density at radius 1 is 1.24 bits per heavy atom. The van der Waals surface area contributed by atoms with Crippen molar-refractivity contribution in [2.75, 3.05) is 14.2 Å². The van der Waals surface area contributed by atoms with Crippen LogP contribution in [0.5, 0.6) is 11.5 Å². The van der Waals surface area contributed by atoms with E-state index in [9.17, 15) is 0 Å². The smallest absolute Gasteiger partial charge is 0.127 e. The number of methoxy groups -OCH3 is 2. The molecule has 3 nitrogen and oxygen atoms in total. The molecule has 17 heavy (non-hydrogen) atoms. The number of hydrogen-bond donors (Lipinski definition) is 1. The van der Waals surface area contributed by atoms with E-state index in [2.05, 4.69) is 0 Å². The summed E-state index contributed by atoms with van der Waals surface area (Å²) in [5, 5.41) is 0. The zero-order valence-corrected chi connectivity index (χ0v) is 11.1. The molecule has 0 spiro atoms. The summed E-state index contributed by atoms with van der Waals surface area (Å²) >= 11 is 0. The third kappa shape index (κ3) is 2.85. The second-order valence-electron chi connectivity index (χ2n) is 4.32. The fourth-order valence-corrected chi connectivity index (χ4v) is 2.15. The first kappa shape index (κ1) is 14.1. The fraction of sp³-hybridized carbons (Fsp3) is 0.538. The Bertz CT molecular complexity index is 366. The van der Waals surface area contributed by atoms with Gasteiger partial charge in [0.15, 0.2) is 0 Å². The van der Waals surface area contributed by atoms with Crippen LogP contribution in [0.4, 0.5) is 0 Å². The van der Waals surface area contributed by atoms with Crippen molar-refractivity contribution in [3.63, 3.8) is 0 Å². The maximum absolute atomic E-state index is 6.25. The average Bonchev–Trinajstić information content (AvgIpc) is 2.25. The van der Waals surface area contributed by atoms with Gasteiger partial charge in [-0.3, -0.25) is 0 Å². The average molecular weight is 258 g/mol. The number of nitrogens with two attached hydrogens (primary N) is 1. The molecule has 0 amide bonds. The van der Waals surface area contributed by atoms with E-state index >= 15 is 0 Å². The Hall–Kier alpha value is -0.930. The van der Waals surface area contributed by atoms with Gasteiger partial charge >= 0.3 is 0 Å². The predicted octanol–water partition coefficient (Wildman–Crippen LogP) is 2.93. The summed E-state index contributed by atoms with van der Waals surface area (Å²) in [6.45, 7) is 0. The second kappa shape index (κ2) is 6.12. The van der Waals surface area contributed by atoms with E-state index in [1.54, 1.807) is 14.2 Å². The molecule has 4 heteroatoms. The summed E-state index contributed by atoms with van der Waals surface area (Å²) in [7, 11) is 3.33. The van der Waals surface area contributed by atoms with Crippen molar-refractivity contribution in [1.82, 2.24) is 0 Å². The van der Waals surface area contributed by atoms with Gasteiger partial charge in [-0.15, -0.1) is 12.4 Å². The molecule has 2 rings (SSSR count). The number of ether oxygens (including phenoxy) is 2. The van der Waals surface area contributed by atoms with E-state index in [4.69, 9.17) is 15.2 Å². The molecule has 1 saturated carbocycles. The quantitative estimate of drug-likeness (QED) is 0.902. The zero-order chi connectivity index (χ0) is 11.5. The monoisotopic (exact) mass is 257 g/mol. The van der Waals surface area contributed by atoms with Crippen molar-refractivity contribution in [3.8, 4) is 11.5 Å². The van der Waals surface area contributed by atoms with Crippen LogP contribution >= 0.6 is 12.4 Å². The molecule has 0 aromatic heterocycles. The number of hydrogen-bond acceptors (Lipinski definition) is 3. The number of rotatable bonds is 4. The minimum absolute atomic E-state index is 0. The zero-order valence-electron chi connectivity index (χ0n) is 10.3. The largest absolute Gasteiger partial charge is 0.497 e. The van der Waals surface area contributed by atoms with Crippen LogP contribution in [0.1, 0.15) is 30.9 Å². The maximum Gasteiger partial charge on any atom is 0.127 e. The van der Waals surface area contributed by atoms with Crippen molar-refractivity contribution in [1.29, 1.82) is 0 Å². The summed E-state index contributed by atoms with van der Waals surface area (Å²) in [5.41, 5.74) is 7.34. The van der Waals surface area contributed by atoms with Gasteiger partial charge in [-0.1, -0.05) is 12.5 Å². The highest BCUT2D eigenvalue weighted by Crippen LogP contribution is 2.40. The minimum Gasteiger partial charge on any atom is -0.497 e. The number of halogens is 1. The van der Waals surface area contributed by atoms with E-state index in [0.29, 0.717) is 5.92 Å². The SMILES string of the molecule is COc1ccc([C@H](N)C2CCC2)c(OC)c1.Cl. The topological polar surface area (TPSA) is 44.5 Å². The van der Waals surface area contributed by atoms with Gasteiger partial charge < -0.3 is 15.2 Å². The lowest BCUT2D eigenvalue weighted by Crippen LogP contribution is -2.27. The Balaban J connectivity index is 0.00000144. The van der Waals surface area contributed by atoms with Crippen LogP contribution in [0.2, 0.25) is 0 Å². The molecule has 1 aromatic carbocycles. The van der Waals surface area contributed by atoms with Crippen molar-refractivity contribution in [3.05, 3.63) is 23.8 Å². The summed E-state index contributed by atoms with van der Waals surface area (Å²) in [6, 6.07) is 5.94. The van der Waals surface area contributed by atoms with Gasteiger partial charge in [0.25, 0.3) is 0 Å². The van der Waals surface area contributed by atoms with E-state index in [-0.39, 0.29) is 18.4 Å². The molecule has 0 aliphatic heterocycles. The predicted molar refractivity (Wildman–Crippen MR) is 71.1 cm³/mol. The van der Waals surface area contributed by atoms with Crippen molar-refractivity contribution in [2.24, 2.45) is 11.7 Å². The van der Waals surface area contributed by atoms with Gasteiger partial charge in [-0.2, -0.15) is 0 Å². The highest BCUT2D eigenvalue weighted by atomic mass is 35.5. The van der Waals surface area contributed by atoms with Crippen molar-refractivity contribution in [2.45, 2.75) is 25.3 Å². The normalized spacial score (nSPS) is 16.6. The fourth-order valence-electron chi connectivity index (χ4n) is 2.15. The van der Waals surface area contributed by atoms with E-state index in [1.165, 1.54) is 19.3 Å². The molecule has 0 radical (unpaired) electrons. The maximum atomic E-state index is 6.25. The van der Waals surface area contributed by atoms with Crippen molar-refractivity contribution < 1.29 is 9.47 Å². The van der Waals surface area contributed by atoms with Gasteiger partial charge in [-0.25, -0.2) is 0 Å². The highest BCUT2D eigenvalue weighted by molar-refractivity contribution is 5.85. The highest BCUT2D eigenvalue weighted by Gasteiger charge is 2.27. The molecule has 96 valence electrons. The van der Waals surface area contributed by atoms with E-state index < -0.39 is 0 Å². The molecule has 0 saturated heterocycles. The summed E-state index contributed by atoms with van der Waals surface area (Å²) in [6.07, 6.45) is 3.77. The Labute approximate surface area is 109 Å². The van der Waals surface area contributed by atoms with Crippen LogP contribution in [-0.4, -0.2) is 14.2 Å². The van der Waals surface area contributed by atoms with Crippen LogP contribution < -0.4 is 15.2 Å². The van der Waals surface area contributed by atoms with Gasteiger partial charge in [0.1, 0.15) is 11.5 Å². The molecule has 1 aliphatic carbocycles.